The fraction of sp³-hybridized carbons (Fsp3) is 0.600. The van der Waals surface area contributed by atoms with Gasteiger partial charge in [-0.05, 0) is 43.2 Å². The summed E-state index contributed by atoms with van der Waals surface area (Å²) in [6.45, 7) is -0.601. The van der Waals surface area contributed by atoms with Crippen LogP contribution < -0.4 is 0 Å². The van der Waals surface area contributed by atoms with Crippen LogP contribution >= 0.6 is 11.6 Å². The molecule has 16 heteroatoms. The number of hydrogen-bond acceptors (Lipinski definition) is 8. The zero-order valence-corrected chi connectivity index (χ0v) is 22.3. The molecule has 10 nitrogen and oxygen atoms in total. The summed E-state index contributed by atoms with van der Waals surface area (Å²) in [5.41, 5.74) is -2.19. The maximum atomic E-state index is 14.5. The summed E-state index contributed by atoms with van der Waals surface area (Å²) in [6.07, 6.45) is -5.71. The largest absolute Gasteiger partial charge is 0.413 e. The van der Waals surface area contributed by atoms with Crippen molar-refractivity contribution in [1.82, 2.24) is 30.0 Å². The molecule has 41 heavy (non-hydrogen) atoms. The van der Waals surface area contributed by atoms with Crippen LogP contribution in [0.3, 0.4) is 0 Å². The molecule has 3 aromatic rings. The molecule has 6 rings (SSSR count). The van der Waals surface area contributed by atoms with E-state index in [2.05, 4.69) is 20.6 Å². The van der Waals surface area contributed by atoms with Crippen molar-refractivity contribution in [2.75, 3.05) is 13.7 Å². The molecule has 2 N–H and O–H groups in total. The number of aromatic nitrogens is 6. The van der Waals surface area contributed by atoms with Crippen LogP contribution in [0.1, 0.15) is 31.0 Å². The van der Waals surface area contributed by atoms with Gasteiger partial charge in [0.1, 0.15) is 30.0 Å². The van der Waals surface area contributed by atoms with Gasteiger partial charge in [-0.15, -0.1) is 10.2 Å². The van der Waals surface area contributed by atoms with E-state index in [1.807, 2.05) is 0 Å². The molecular formula is C25H26ClF5N6O4. The molecule has 2 aliphatic carbocycles. The Hall–Kier alpha value is -2.72. The third-order valence-electron chi connectivity index (χ3n) is 8.55. The molecule has 3 aliphatic rings. The van der Waals surface area contributed by atoms with Gasteiger partial charge in [-0.25, -0.2) is 18.1 Å². The fourth-order valence-corrected chi connectivity index (χ4v) is 6.46. The Labute approximate surface area is 235 Å². The molecule has 0 spiro atoms. The topological polar surface area (TPSA) is 120 Å². The van der Waals surface area contributed by atoms with Crippen molar-refractivity contribution in [3.05, 3.63) is 46.9 Å². The number of alkyl halides is 3. The highest BCUT2D eigenvalue weighted by Crippen LogP contribution is 2.63. The van der Waals surface area contributed by atoms with Crippen LogP contribution in [0, 0.1) is 23.5 Å². The lowest BCUT2D eigenvalue weighted by atomic mass is 9.90. The van der Waals surface area contributed by atoms with E-state index in [4.69, 9.17) is 21.1 Å². The molecule has 7 unspecified atom stereocenters. The standard InChI is InChI=1S/C25H26ClF5N6O4/c1-40-23-17(5-13-8-37(35-32-13)24(25(29,30)31)6-11-4-12(11)7-24)41-18(10-38)22(39)21(23)36-9-16(33-34-36)14-2-3-15(26)20(28)19(14)27/h2-3,8-9,11-12,17-18,21-23,38-39H,4-7,10H2,1H3. The summed E-state index contributed by atoms with van der Waals surface area (Å²) in [5.74, 6) is -2.43. The highest BCUT2D eigenvalue weighted by Gasteiger charge is 2.67. The van der Waals surface area contributed by atoms with E-state index >= 15 is 0 Å². The number of aliphatic hydroxyl groups excluding tert-OH is 2. The molecule has 222 valence electrons. The van der Waals surface area contributed by atoms with Crippen molar-refractivity contribution >= 4 is 11.6 Å². The van der Waals surface area contributed by atoms with Crippen LogP contribution in [0.5, 0.6) is 0 Å². The molecule has 2 aromatic heterocycles. The van der Waals surface area contributed by atoms with E-state index in [-0.39, 0.29) is 48.0 Å². The van der Waals surface area contributed by atoms with Crippen molar-refractivity contribution in [3.8, 4) is 11.3 Å². The maximum Gasteiger partial charge on any atom is 0.413 e. The zero-order valence-electron chi connectivity index (χ0n) is 21.5. The molecule has 3 fully saturated rings. The van der Waals surface area contributed by atoms with Crippen LogP contribution in [0.2, 0.25) is 5.02 Å². The molecule has 0 radical (unpaired) electrons. The first-order chi connectivity index (χ1) is 19.5. The van der Waals surface area contributed by atoms with Gasteiger partial charge >= 0.3 is 6.18 Å². The Balaban J connectivity index is 1.28. The molecule has 7 atom stereocenters. The number of benzene rings is 1. The Morgan fingerprint density at radius 3 is 2.49 bits per heavy atom. The van der Waals surface area contributed by atoms with Crippen molar-refractivity contribution in [2.45, 2.75) is 67.9 Å². The molecule has 2 saturated carbocycles. The van der Waals surface area contributed by atoms with Crippen molar-refractivity contribution < 1.29 is 41.6 Å². The van der Waals surface area contributed by atoms with Gasteiger partial charge in [0.25, 0.3) is 0 Å². The van der Waals surface area contributed by atoms with Crippen molar-refractivity contribution in [1.29, 1.82) is 0 Å². The summed E-state index contributed by atoms with van der Waals surface area (Å²) in [6, 6.07) is 1.36. The predicted octanol–water partition coefficient (Wildman–Crippen LogP) is 3.08. The van der Waals surface area contributed by atoms with E-state index in [1.54, 1.807) is 0 Å². The SMILES string of the molecule is COC1C(Cc2cn(C3(C(F)(F)F)CC4CC4C3)nn2)OC(CO)C(O)C1n1cc(-c2ccc(Cl)c(F)c2F)nn1. The number of nitrogens with zero attached hydrogens (tertiary/aromatic N) is 6. The quantitative estimate of drug-likeness (QED) is 0.312. The first kappa shape index (κ1) is 28.4. The van der Waals surface area contributed by atoms with E-state index in [1.165, 1.54) is 30.3 Å². The van der Waals surface area contributed by atoms with E-state index in [0.717, 1.165) is 17.2 Å². The lowest BCUT2D eigenvalue weighted by molar-refractivity contribution is -0.220. The maximum absolute atomic E-state index is 14.5. The third-order valence-corrected chi connectivity index (χ3v) is 8.84. The number of hydrogen-bond donors (Lipinski definition) is 2. The smallest absolute Gasteiger partial charge is 0.394 e. The summed E-state index contributed by atoms with van der Waals surface area (Å²) in [7, 11) is 1.34. The van der Waals surface area contributed by atoms with Gasteiger partial charge in [0.05, 0.1) is 29.6 Å². The van der Waals surface area contributed by atoms with Gasteiger partial charge in [-0.1, -0.05) is 22.0 Å². The van der Waals surface area contributed by atoms with E-state index < -0.39 is 65.4 Å². The van der Waals surface area contributed by atoms with Crippen molar-refractivity contribution in [3.63, 3.8) is 0 Å². The van der Waals surface area contributed by atoms with Crippen molar-refractivity contribution in [2.24, 2.45) is 11.8 Å². The average molecular weight is 605 g/mol. The van der Waals surface area contributed by atoms with Crippen LogP contribution in [0.25, 0.3) is 11.3 Å². The molecular weight excluding hydrogens is 579 g/mol. The number of methoxy groups -OCH3 is 1. The zero-order chi connectivity index (χ0) is 29.3. The van der Waals surface area contributed by atoms with Gasteiger partial charge in [0.2, 0.25) is 0 Å². The minimum absolute atomic E-state index is 0.0294. The molecule has 1 saturated heterocycles. The first-order valence-electron chi connectivity index (χ1n) is 13.0. The lowest BCUT2D eigenvalue weighted by Gasteiger charge is -2.43. The lowest BCUT2D eigenvalue weighted by Crippen LogP contribution is -2.57. The summed E-state index contributed by atoms with van der Waals surface area (Å²) in [5, 5.41) is 36.2. The van der Waals surface area contributed by atoms with Gasteiger partial charge in [0.15, 0.2) is 17.2 Å². The van der Waals surface area contributed by atoms with Gasteiger partial charge in [-0.3, -0.25) is 0 Å². The summed E-state index contributed by atoms with van der Waals surface area (Å²) < 4.78 is 84.8. The minimum atomic E-state index is -4.50. The number of halogens is 6. The fourth-order valence-electron chi connectivity index (χ4n) is 6.32. The molecule has 0 bridgehead atoms. The van der Waals surface area contributed by atoms with Gasteiger partial charge in [-0.2, -0.15) is 13.2 Å². The molecule has 1 aromatic carbocycles. The second-order valence-corrected chi connectivity index (χ2v) is 11.3. The van der Waals surface area contributed by atoms with Crippen LogP contribution in [0.15, 0.2) is 24.5 Å². The second kappa shape index (κ2) is 10.2. The number of ether oxygens (including phenoxy) is 2. The normalized spacial score (nSPS) is 33.2. The second-order valence-electron chi connectivity index (χ2n) is 10.9. The van der Waals surface area contributed by atoms with Crippen LogP contribution in [-0.4, -0.2) is 84.5 Å². The molecule has 3 heterocycles. The molecule has 1 aliphatic heterocycles. The number of rotatable bonds is 7. The van der Waals surface area contributed by atoms with E-state index in [0.29, 0.717) is 0 Å². The van der Waals surface area contributed by atoms with E-state index in [9.17, 15) is 32.2 Å². The minimum Gasteiger partial charge on any atom is -0.394 e. The number of aliphatic hydroxyl groups is 2. The summed E-state index contributed by atoms with van der Waals surface area (Å²) in [4.78, 5) is 0. The Morgan fingerprint density at radius 2 is 1.83 bits per heavy atom. The summed E-state index contributed by atoms with van der Waals surface area (Å²) >= 11 is 5.64. The third kappa shape index (κ3) is 4.71. The Morgan fingerprint density at radius 1 is 1.10 bits per heavy atom. The van der Waals surface area contributed by atoms with Gasteiger partial charge < -0.3 is 19.7 Å². The first-order valence-corrected chi connectivity index (χ1v) is 13.4. The monoisotopic (exact) mass is 604 g/mol. The number of fused-ring (bicyclic) bond motifs is 1. The highest BCUT2D eigenvalue weighted by atomic mass is 35.5. The molecule has 0 amide bonds. The Kier molecular flexibility index (Phi) is 7.08. The van der Waals surface area contributed by atoms with Crippen LogP contribution in [0.4, 0.5) is 22.0 Å². The van der Waals surface area contributed by atoms with Crippen LogP contribution in [-0.2, 0) is 21.4 Å². The predicted molar refractivity (Wildman–Crippen MR) is 131 cm³/mol. The Bertz CT molecular complexity index is 1430. The average Bonchev–Trinajstić information content (AvgIpc) is 3.32. The highest BCUT2D eigenvalue weighted by molar-refractivity contribution is 6.30. The van der Waals surface area contributed by atoms with Gasteiger partial charge in [0, 0.05) is 25.3 Å².